The van der Waals surface area contributed by atoms with Gasteiger partial charge in [-0.1, -0.05) is 6.92 Å². The van der Waals surface area contributed by atoms with Crippen LogP contribution >= 0.6 is 0 Å². The number of hydrogen-bond donors (Lipinski definition) is 1. The third kappa shape index (κ3) is 3.05. The van der Waals surface area contributed by atoms with Crippen molar-refractivity contribution in [3.63, 3.8) is 0 Å². The Bertz CT molecular complexity index is 509. The van der Waals surface area contributed by atoms with Crippen molar-refractivity contribution in [2.75, 3.05) is 13.7 Å². The van der Waals surface area contributed by atoms with E-state index >= 15 is 0 Å². The van der Waals surface area contributed by atoms with Crippen molar-refractivity contribution < 1.29 is 4.74 Å². The molecule has 0 bridgehead atoms. The molecule has 2 rings (SSSR count). The van der Waals surface area contributed by atoms with Crippen LogP contribution in [0.1, 0.15) is 24.6 Å². The molecule has 0 amide bonds. The summed E-state index contributed by atoms with van der Waals surface area (Å²) in [5.41, 5.74) is 3.00. The maximum absolute atomic E-state index is 5.16. The standard InChI is InChI=1S/C13H20N4O/c1-4-12(9-18-3)14-6-11-7-15-13-5-10(2)16-17(13)8-11/h5,7-8,12,14H,4,6,9H2,1-3H3. The van der Waals surface area contributed by atoms with Crippen LogP contribution < -0.4 is 5.32 Å². The van der Waals surface area contributed by atoms with Crippen LogP contribution in [0.25, 0.3) is 5.65 Å². The minimum atomic E-state index is 0.380. The van der Waals surface area contributed by atoms with Gasteiger partial charge in [-0.05, 0) is 13.3 Å². The molecular weight excluding hydrogens is 228 g/mol. The highest BCUT2D eigenvalue weighted by molar-refractivity contribution is 5.38. The minimum absolute atomic E-state index is 0.380. The SMILES string of the molecule is CCC(COC)NCc1cnc2cc(C)nn2c1. The van der Waals surface area contributed by atoms with Crippen molar-refractivity contribution in [3.8, 4) is 0 Å². The lowest BCUT2D eigenvalue weighted by Crippen LogP contribution is -2.32. The van der Waals surface area contributed by atoms with E-state index in [2.05, 4.69) is 22.3 Å². The number of aryl methyl sites for hydroxylation is 1. The van der Waals surface area contributed by atoms with Crippen molar-refractivity contribution in [1.82, 2.24) is 19.9 Å². The summed E-state index contributed by atoms with van der Waals surface area (Å²) in [6, 6.07) is 2.35. The lowest BCUT2D eigenvalue weighted by molar-refractivity contribution is 0.164. The molecule has 0 saturated carbocycles. The van der Waals surface area contributed by atoms with Gasteiger partial charge >= 0.3 is 0 Å². The number of fused-ring (bicyclic) bond motifs is 1. The lowest BCUT2D eigenvalue weighted by atomic mass is 10.2. The highest BCUT2D eigenvalue weighted by Crippen LogP contribution is 2.05. The van der Waals surface area contributed by atoms with E-state index in [0.717, 1.165) is 36.5 Å². The molecule has 0 fully saturated rings. The molecule has 0 spiro atoms. The van der Waals surface area contributed by atoms with Gasteiger partial charge in [-0.2, -0.15) is 5.10 Å². The van der Waals surface area contributed by atoms with Crippen molar-refractivity contribution in [3.05, 3.63) is 29.7 Å². The Hall–Kier alpha value is -1.46. The third-order valence-electron chi connectivity index (χ3n) is 2.94. The summed E-state index contributed by atoms with van der Waals surface area (Å²) in [6.45, 7) is 5.63. The summed E-state index contributed by atoms with van der Waals surface area (Å²) in [5, 5.41) is 7.81. The van der Waals surface area contributed by atoms with E-state index in [1.54, 1.807) is 7.11 Å². The van der Waals surface area contributed by atoms with E-state index in [0.29, 0.717) is 6.04 Å². The van der Waals surface area contributed by atoms with Crippen LogP contribution in [0.15, 0.2) is 18.5 Å². The molecule has 5 heteroatoms. The summed E-state index contributed by atoms with van der Waals surface area (Å²) in [7, 11) is 1.73. The average molecular weight is 248 g/mol. The zero-order valence-corrected chi connectivity index (χ0v) is 11.2. The Morgan fingerprint density at radius 1 is 1.50 bits per heavy atom. The summed E-state index contributed by atoms with van der Waals surface area (Å²) >= 11 is 0. The van der Waals surface area contributed by atoms with Crippen LogP contribution in [0, 0.1) is 6.92 Å². The van der Waals surface area contributed by atoms with Gasteiger partial charge in [0.2, 0.25) is 0 Å². The largest absolute Gasteiger partial charge is 0.383 e. The molecular formula is C13H20N4O. The Labute approximate surface area is 107 Å². The highest BCUT2D eigenvalue weighted by Gasteiger charge is 2.06. The first-order valence-corrected chi connectivity index (χ1v) is 6.26. The molecule has 0 aliphatic rings. The fraction of sp³-hybridized carbons (Fsp3) is 0.538. The van der Waals surface area contributed by atoms with Gasteiger partial charge in [0.05, 0.1) is 12.3 Å². The molecule has 0 aliphatic heterocycles. The van der Waals surface area contributed by atoms with Crippen LogP contribution in [0.4, 0.5) is 0 Å². The van der Waals surface area contributed by atoms with E-state index in [4.69, 9.17) is 4.74 Å². The van der Waals surface area contributed by atoms with Crippen molar-refractivity contribution in [2.24, 2.45) is 0 Å². The minimum Gasteiger partial charge on any atom is -0.383 e. The second-order valence-corrected chi connectivity index (χ2v) is 4.49. The monoisotopic (exact) mass is 248 g/mol. The smallest absolute Gasteiger partial charge is 0.155 e. The molecule has 0 radical (unpaired) electrons. The van der Waals surface area contributed by atoms with E-state index in [1.165, 1.54) is 0 Å². The molecule has 2 aromatic heterocycles. The summed E-state index contributed by atoms with van der Waals surface area (Å²) in [4.78, 5) is 4.38. The molecule has 2 heterocycles. The molecule has 1 N–H and O–H groups in total. The first-order valence-electron chi connectivity index (χ1n) is 6.26. The zero-order valence-electron chi connectivity index (χ0n) is 11.2. The number of hydrogen-bond acceptors (Lipinski definition) is 4. The van der Waals surface area contributed by atoms with E-state index in [9.17, 15) is 0 Å². The van der Waals surface area contributed by atoms with Crippen LogP contribution in [0.2, 0.25) is 0 Å². The second-order valence-electron chi connectivity index (χ2n) is 4.49. The van der Waals surface area contributed by atoms with Gasteiger partial charge < -0.3 is 10.1 Å². The predicted octanol–water partition coefficient (Wildman–Crippen LogP) is 1.55. The normalized spacial score (nSPS) is 13.1. The first kappa shape index (κ1) is 13.0. The first-order chi connectivity index (χ1) is 8.72. The topological polar surface area (TPSA) is 51.5 Å². The Morgan fingerprint density at radius 2 is 2.33 bits per heavy atom. The Kier molecular flexibility index (Phi) is 4.28. The summed E-state index contributed by atoms with van der Waals surface area (Å²) in [5.74, 6) is 0. The number of rotatable bonds is 6. The van der Waals surface area contributed by atoms with Crippen LogP contribution in [-0.2, 0) is 11.3 Å². The Morgan fingerprint density at radius 3 is 3.06 bits per heavy atom. The molecule has 1 unspecified atom stereocenters. The Balaban J connectivity index is 2.02. The number of nitrogens with one attached hydrogen (secondary N) is 1. The van der Waals surface area contributed by atoms with Gasteiger partial charge in [0.25, 0.3) is 0 Å². The zero-order chi connectivity index (χ0) is 13.0. The molecule has 0 aliphatic carbocycles. The van der Waals surface area contributed by atoms with E-state index in [-0.39, 0.29) is 0 Å². The van der Waals surface area contributed by atoms with Gasteiger partial charge in [-0.3, -0.25) is 0 Å². The summed E-state index contributed by atoms with van der Waals surface area (Å²) in [6.07, 6.45) is 4.95. The quantitative estimate of drug-likeness (QED) is 0.842. The van der Waals surface area contributed by atoms with Gasteiger partial charge in [0, 0.05) is 43.7 Å². The van der Waals surface area contributed by atoms with Crippen molar-refractivity contribution in [2.45, 2.75) is 32.9 Å². The van der Waals surface area contributed by atoms with Crippen molar-refractivity contribution >= 4 is 5.65 Å². The highest BCUT2D eigenvalue weighted by atomic mass is 16.5. The van der Waals surface area contributed by atoms with Crippen LogP contribution in [0.3, 0.4) is 0 Å². The predicted molar refractivity (Wildman–Crippen MR) is 70.5 cm³/mol. The fourth-order valence-electron chi connectivity index (χ4n) is 1.91. The van der Waals surface area contributed by atoms with Crippen LogP contribution in [0.5, 0.6) is 0 Å². The number of aromatic nitrogens is 3. The molecule has 2 aromatic rings. The van der Waals surface area contributed by atoms with Gasteiger partial charge in [-0.15, -0.1) is 0 Å². The third-order valence-corrected chi connectivity index (χ3v) is 2.94. The maximum atomic E-state index is 5.16. The number of methoxy groups -OCH3 is 1. The molecule has 1 atom stereocenters. The molecule has 0 saturated heterocycles. The number of nitrogens with zero attached hydrogens (tertiary/aromatic N) is 3. The van der Waals surface area contributed by atoms with Crippen LogP contribution in [-0.4, -0.2) is 34.4 Å². The second kappa shape index (κ2) is 5.93. The molecule has 98 valence electrons. The lowest BCUT2D eigenvalue weighted by Gasteiger charge is -2.15. The van der Waals surface area contributed by atoms with E-state index < -0.39 is 0 Å². The fourth-order valence-corrected chi connectivity index (χ4v) is 1.91. The van der Waals surface area contributed by atoms with Gasteiger partial charge in [-0.25, -0.2) is 9.50 Å². The molecule has 18 heavy (non-hydrogen) atoms. The van der Waals surface area contributed by atoms with Gasteiger partial charge in [0.1, 0.15) is 0 Å². The summed E-state index contributed by atoms with van der Waals surface area (Å²) < 4.78 is 6.98. The van der Waals surface area contributed by atoms with E-state index in [1.807, 2.05) is 29.9 Å². The molecule has 0 aromatic carbocycles. The molecule has 5 nitrogen and oxygen atoms in total. The van der Waals surface area contributed by atoms with Crippen molar-refractivity contribution in [1.29, 1.82) is 0 Å². The number of ether oxygens (including phenoxy) is 1. The maximum Gasteiger partial charge on any atom is 0.155 e. The average Bonchev–Trinajstić information content (AvgIpc) is 2.73. The van der Waals surface area contributed by atoms with Gasteiger partial charge in [0.15, 0.2) is 5.65 Å².